The van der Waals surface area contributed by atoms with Crippen LogP contribution < -0.4 is 15.7 Å². The van der Waals surface area contributed by atoms with E-state index >= 15 is 0 Å². The van der Waals surface area contributed by atoms with Gasteiger partial charge in [-0.05, 0) is 24.8 Å². The Morgan fingerprint density at radius 2 is 2.33 bits per heavy atom. The van der Waals surface area contributed by atoms with Crippen LogP contribution in [-0.2, 0) is 0 Å². The molecule has 0 aromatic carbocycles. The van der Waals surface area contributed by atoms with Gasteiger partial charge in [-0.3, -0.25) is 9.59 Å². The van der Waals surface area contributed by atoms with E-state index in [9.17, 15) is 14.7 Å². The normalized spacial score (nSPS) is 10.6. The standard InChI is InChI=1S/C14H16N2O4S/c1-4-6-20-16-10-8(3)7-21-12(10)11(17)9(14(16)19)13(18)15-5-2/h4,7,17H,1,5-6H2,2-3H3,(H,15,18). The first-order valence-corrected chi connectivity index (χ1v) is 7.29. The maximum atomic E-state index is 12.5. The molecule has 2 N–H and O–H groups in total. The Hall–Kier alpha value is -2.28. The highest BCUT2D eigenvalue weighted by molar-refractivity contribution is 7.17. The van der Waals surface area contributed by atoms with Gasteiger partial charge in [0.15, 0.2) is 11.3 Å². The van der Waals surface area contributed by atoms with Crippen LogP contribution >= 0.6 is 11.3 Å². The first kappa shape index (κ1) is 15.1. The van der Waals surface area contributed by atoms with Gasteiger partial charge in [0.2, 0.25) is 0 Å². The predicted octanol–water partition coefficient (Wildman–Crippen LogP) is 1.44. The minimum atomic E-state index is -0.686. The van der Waals surface area contributed by atoms with Crippen LogP contribution in [0.4, 0.5) is 0 Å². The average Bonchev–Trinajstić information content (AvgIpc) is 2.82. The third-order valence-electron chi connectivity index (χ3n) is 2.88. The Bertz CT molecular complexity index is 760. The molecule has 112 valence electrons. The Morgan fingerprint density at radius 1 is 1.62 bits per heavy atom. The summed E-state index contributed by atoms with van der Waals surface area (Å²) >= 11 is 1.25. The summed E-state index contributed by atoms with van der Waals surface area (Å²) in [6.07, 6.45) is 1.50. The second-order valence-corrected chi connectivity index (χ2v) is 5.24. The summed E-state index contributed by atoms with van der Waals surface area (Å²) in [5.74, 6) is -0.929. The number of aryl methyl sites for hydroxylation is 1. The highest BCUT2D eigenvalue weighted by Crippen LogP contribution is 2.33. The Morgan fingerprint density at radius 3 is 2.95 bits per heavy atom. The van der Waals surface area contributed by atoms with Crippen LogP contribution in [0, 0.1) is 6.92 Å². The number of fused-ring (bicyclic) bond motifs is 1. The van der Waals surface area contributed by atoms with Crippen molar-refractivity contribution in [1.82, 2.24) is 10.0 Å². The number of rotatable bonds is 5. The van der Waals surface area contributed by atoms with Crippen LogP contribution in [0.5, 0.6) is 5.75 Å². The number of amides is 1. The lowest BCUT2D eigenvalue weighted by Crippen LogP contribution is -2.36. The largest absolute Gasteiger partial charge is 0.505 e. The van der Waals surface area contributed by atoms with E-state index in [0.29, 0.717) is 16.8 Å². The van der Waals surface area contributed by atoms with E-state index in [1.807, 2.05) is 0 Å². The first-order valence-electron chi connectivity index (χ1n) is 6.41. The predicted molar refractivity (Wildman–Crippen MR) is 82.1 cm³/mol. The van der Waals surface area contributed by atoms with E-state index in [1.165, 1.54) is 17.4 Å². The molecule has 0 atom stereocenters. The van der Waals surface area contributed by atoms with Crippen molar-refractivity contribution in [2.24, 2.45) is 0 Å². The summed E-state index contributed by atoms with van der Waals surface area (Å²) in [5, 5.41) is 14.6. The lowest BCUT2D eigenvalue weighted by atomic mass is 10.2. The molecule has 0 saturated carbocycles. The maximum absolute atomic E-state index is 12.5. The van der Waals surface area contributed by atoms with Gasteiger partial charge in [-0.1, -0.05) is 12.7 Å². The molecular weight excluding hydrogens is 292 g/mol. The van der Waals surface area contributed by atoms with Gasteiger partial charge in [-0.2, -0.15) is 0 Å². The number of pyridine rings is 1. The van der Waals surface area contributed by atoms with E-state index in [-0.39, 0.29) is 17.9 Å². The molecule has 0 bridgehead atoms. The average molecular weight is 308 g/mol. The molecule has 6 nitrogen and oxygen atoms in total. The number of nitrogens with zero attached hydrogens (tertiary/aromatic N) is 1. The van der Waals surface area contributed by atoms with E-state index < -0.39 is 11.5 Å². The number of hydrogen-bond donors (Lipinski definition) is 2. The molecule has 2 aromatic rings. The van der Waals surface area contributed by atoms with Crippen molar-refractivity contribution < 1.29 is 14.7 Å². The quantitative estimate of drug-likeness (QED) is 0.819. The molecule has 2 heterocycles. The van der Waals surface area contributed by atoms with Gasteiger partial charge in [0.25, 0.3) is 11.5 Å². The van der Waals surface area contributed by atoms with Crippen molar-refractivity contribution >= 4 is 27.5 Å². The molecule has 0 aliphatic carbocycles. The molecule has 0 fully saturated rings. The van der Waals surface area contributed by atoms with Crippen LogP contribution in [0.15, 0.2) is 22.8 Å². The third kappa shape index (κ3) is 2.52. The summed E-state index contributed by atoms with van der Waals surface area (Å²) in [7, 11) is 0. The molecule has 21 heavy (non-hydrogen) atoms. The second-order valence-electron chi connectivity index (χ2n) is 4.36. The van der Waals surface area contributed by atoms with Gasteiger partial charge in [0, 0.05) is 6.54 Å². The smallest absolute Gasteiger partial charge is 0.300 e. The van der Waals surface area contributed by atoms with E-state index in [4.69, 9.17) is 4.84 Å². The Balaban J connectivity index is 2.79. The fourth-order valence-electron chi connectivity index (χ4n) is 1.98. The zero-order valence-corrected chi connectivity index (χ0v) is 12.6. The van der Waals surface area contributed by atoms with Crippen molar-refractivity contribution in [1.29, 1.82) is 0 Å². The van der Waals surface area contributed by atoms with Crippen molar-refractivity contribution in [2.45, 2.75) is 13.8 Å². The molecule has 1 amide bonds. The van der Waals surface area contributed by atoms with Crippen molar-refractivity contribution in [3.8, 4) is 5.75 Å². The summed E-state index contributed by atoms with van der Waals surface area (Å²) in [6, 6.07) is 0. The number of aromatic nitrogens is 1. The lowest BCUT2D eigenvalue weighted by Gasteiger charge is -2.13. The van der Waals surface area contributed by atoms with Crippen molar-refractivity contribution in [2.75, 3.05) is 13.2 Å². The number of nitrogens with one attached hydrogen (secondary N) is 1. The number of aromatic hydroxyl groups is 1. The fraction of sp³-hybridized carbons (Fsp3) is 0.286. The number of carbonyl (C=O) groups is 1. The summed E-state index contributed by atoms with van der Waals surface area (Å²) in [4.78, 5) is 29.8. The number of carbonyl (C=O) groups excluding carboxylic acids is 1. The second kappa shape index (κ2) is 6.01. The monoisotopic (exact) mass is 308 g/mol. The maximum Gasteiger partial charge on any atom is 0.300 e. The van der Waals surface area contributed by atoms with Gasteiger partial charge >= 0.3 is 0 Å². The first-order chi connectivity index (χ1) is 10.0. The molecule has 0 radical (unpaired) electrons. The fourth-order valence-corrected chi connectivity index (χ4v) is 2.96. The molecule has 0 aliphatic rings. The van der Waals surface area contributed by atoms with Gasteiger partial charge < -0.3 is 15.3 Å². The van der Waals surface area contributed by atoms with Crippen LogP contribution in [-0.4, -0.2) is 28.9 Å². The van der Waals surface area contributed by atoms with Gasteiger partial charge in [-0.25, -0.2) is 0 Å². The Labute approximate surface area is 125 Å². The SMILES string of the molecule is C=CCOn1c(=O)c(C(=O)NCC)c(O)c2scc(C)c21. The summed E-state index contributed by atoms with van der Waals surface area (Å²) < 4.78 is 1.49. The zero-order valence-electron chi connectivity index (χ0n) is 11.8. The topological polar surface area (TPSA) is 80.6 Å². The summed E-state index contributed by atoms with van der Waals surface area (Å²) in [6.45, 7) is 7.54. The third-order valence-corrected chi connectivity index (χ3v) is 3.98. The zero-order chi connectivity index (χ0) is 15.6. The molecule has 0 aliphatic heterocycles. The van der Waals surface area contributed by atoms with E-state index in [1.54, 1.807) is 19.2 Å². The molecule has 0 unspecified atom stereocenters. The molecule has 2 rings (SSSR count). The molecule has 2 aromatic heterocycles. The Kier molecular flexibility index (Phi) is 4.32. The van der Waals surface area contributed by atoms with Gasteiger partial charge in [0.1, 0.15) is 12.1 Å². The van der Waals surface area contributed by atoms with Gasteiger partial charge in [0.05, 0.1) is 4.70 Å². The van der Waals surface area contributed by atoms with E-state index in [2.05, 4.69) is 11.9 Å². The molecule has 0 saturated heterocycles. The van der Waals surface area contributed by atoms with Crippen molar-refractivity contribution in [3.05, 3.63) is 39.5 Å². The minimum Gasteiger partial charge on any atom is -0.505 e. The number of hydrogen-bond acceptors (Lipinski definition) is 5. The molecular formula is C14H16N2O4S. The van der Waals surface area contributed by atoms with Crippen LogP contribution in [0.2, 0.25) is 0 Å². The van der Waals surface area contributed by atoms with Crippen LogP contribution in [0.25, 0.3) is 10.2 Å². The summed E-state index contributed by atoms with van der Waals surface area (Å²) in [5.41, 5.74) is 0.260. The minimum absolute atomic E-state index is 0.115. The van der Waals surface area contributed by atoms with Crippen LogP contribution in [0.3, 0.4) is 0 Å². The van der Waals surface area contributed by atoms with Crippen LogP contribution in [0.1, 0.15) is 22.8 Å². The molecule has 0 spiro atoms. The van der Waals surface area contributed by atoms with E-state index in [0.717, 1.165) is 10.3 Å². The van der Waals surface area contributed by atoms with Crippen molar-refractivity contribution in [3.63, 3.8) is 0 Å². The molecule has 7 heteroatoms. The number of thiophene rings is 1. The lowest BCUT2D eigenvalue weighted by molar-refractivity contribution is 0.0940. The van der Waals surface area contributed by atoms with Gasteiger partial charge in [-0.15, -0.1) is 16.1 Å². The highest BCUT2D eigenvalue weighted by Gasteiger charge is 2.24. The highest BCUT2D eigenvalue weighted by atomic mass is 32.1.